The Morgan fingerprint density at radius 2 is 2.24 bits per heavy atom. The van der Waals surface area contributed by atoms with Gasteiger partial charge in [-0.3, -0.25) is 0 Å². The average Bonchev–Trinajstić information content (AvgIpc) is 2.86. The molecule has 1 aromatic heterocycles. The van der Waals surface area contributed by atoms with Crippen LogP contribution < -0.4 is 4.74 Å². The van der Waals surface area contributed by atoms with Crippen molar-refractivity contribution < 1.29 is 14.4 Å². The molecule has 1 N–H and O–H groups in total. The first-order valence-corrected chi connectivity index (χ1v) is 4.93. The van der Waals surface area contributed by atoms with Crippen LogP contribution in [0.5, 0.6) is 5.75 Å². The van der Waals surface area contributed by atoms with Crippen molar-refractivity contribution in [1.29, 1.82) is 5.26 Å². The second-order valence-corrected chi connectivity index (χ2v) is 3.40. The molecule has 86 valence electrons. The van der Waals surface area contributed by atoms with Gasteiger partial charge in [0.1, 0.15) is 11.4 Å². The van der Waals surface area contributed by atoms with Crippen LogP contribution in [-0.4, -0.2) is 17.4 Å². The smallest absolute Gasteiger partial charge is 0.167 e. The molecule has 1 heterocycles. The van der Waals surface area contributed by atoms with Gasteiger partial charge in [0.2, 0.25) is 0 Å². The molecule has 2 aromatic rings. The van der Waals surface area contributed by atoms with Crippen LogP contribution in [0.15, 0.2) is 28.8 Å². The number of rotatable bonds is 3. The van der Waals surface area contributed by atoms with Crippen molar-refractivity contribution in [2.24, 2.45) is 0 Å². The zero-order chi connectivity index (χ0) is 12.3. The Kier molecular flexibility index (Phi) is 3.08. The van der Waals surface area contributed by atoms with Gasteiger partial charge in [-0.1, -0.05) is 5.16 Å². The zero-order valence-electron chi connectivity index (χ0n) is 9.17. The summed E-state index contributed by atoms with van der Waals surface area (Å²) in [6, 6.07) is 8.70. The summed E-state index contributed by atoms with van der Waals surface area (Å²) in [4.78, 5) is 0. The number of aromatic nitrogens is 1. The van der Waals surface area contributed by atoms with Crippen LogP contribution in [0.4, 0.5) is 0 Å². The molecule has 0 atom stereocenters. The van der Waals surface area contributed by atoms with Crippen molar-refractivity contribution >= 4 is 0 Å². The molecule has 5 nitrogen and oxygen atoms in total. The molecule has 2 rings (SSSR count). The number of aliphatic hydroxyl groups excluding tert-OH is 1. The molecular formula is C12H10N2O3. The molecule has 17 heavy (non-hydrogen) atoms. The van der Waals surface area contributed by atoms with Crippen LogP contribution in [0, 0.1) is 11.3 Å². The molecule has 0 spiro atoms. The van der Waals surface area contributed by atoms with Crippen LogP contribution in [0.3, 0.4) is 0 Å². The number of hydrogen-bond acceptors (Lipinski definition) is 5. The van der Waals surface area contributed by atoms with E-state index in [0.29, 0.717) is 28.3 Å². The summed E-state index contributed by atoms with van der Waals surface area (Å²) >= 11 is 0. The summed E-state index contributed by atoms with van der Waals surface area (Å²) in [7, 11) is 1.53. The molecule has 0 unspecified atom stereocenters. The average molecular weight is 230 g/mol. The topological polar surface area (TPSA) is 79.3 Å². The highest BCUT2D eigenvalue weighted by molar-refractivity contribution is 5.62. The maximum atomic E-state index is 8.90. The zero-order valence-corrected chi connectivity index (χ0v) is 9.17. The van der Waals surface area contributed by atoms with Gasteiger partial charge in [-0.2, -0.15) is 5.26 Å². The van der Waals surface area contributed by atoms with Gasteiger partial charge in [0.05, 0.1) is 25.3 Å². The standard InChI is InChI=1S/C12H10N2O3/c1-16-11-3-8(6-13)2-9(4-11)12-5-10(7-15)14-17-12/h2-5,15H,7H2,1H3. The first kappa shape index (κ1) is 11.2. The number of ether oxygens (including phenoxy) is 1. The van der Waals surface area contributed by atoms with Crippen LogP contribution in [0.1, 0.15) is 11.3 Å². The molecular weight excluding hydrogens is 220 g/mol. The van der Waals surface area contributed by atoms with Gasteiger partial charge in [-0.05, 0) is 18.2 Å². The van der Waals surface area contributed by atoms with Crippen LogP contribution in [-0.2, 0) is 6.61 Å². The Labute approximate surface area is 97.8 Å². The SMILES string of the molecule is COc1cc(C#N)cc(-c2cc(CO)no2)c1. The maximum absolute atomic E-state index is 8.90. The minimum absolute atomic E-state index is 0.182. The van der Waals surface area contributed by atoms with Crippen LogP contribution >= 0.6 is 0 Å². The molecule has 0 aliphatic heterocycles. The van der Waals surface area contributed by atoms with Crippen molar-refractivity contribution in [1.82, 2.24) is 5.16 Å². The van der Waals surface area contributed by atoms with E-state index in [2.05, 4.69) is 5.16 Å². The molecule has 0 saturated carbocycles. The fourth-order valence-electron chi connectivity index (χ4n) is 1.45. The molecule has 0 amide bonds. The quantitative estimate of drug-likeness (QED) is 0.868. The van der Waals surface area contributed by atoms with Gasteiger partial charge in [0.25, 0.3) is 0 Å². The van der Waals surface area contributed by atoms with E-state index in [9.17, 15) is 0 Å². The van der Waals surface area contributed by atoms with Gasteiger partial charge in [-0.25, -0.2) is 0 Å². The van der Waals surface area contributed by atoms with Gasteiger partial charge in [0, 0.05) is 11.6 Å². The van der Waals surface area contributed by atoms with E-state index < -0.39 is 0 Å². The molecule has 0 bridgehead atoms. The fourth-order valence-corrected chi connectivity index (χ4v) is 1.45. The second kappa shape index (κ2) is 4.68. The Morgan fingerprint density at radius 3 is 2.82 bits per heavy atom. The highest BCUT2D eigenvalue weighted by Crippen LogP contribution is 2.26. The van der Waals surface area contributed by atoms with E-state index in [1.165, 1.54) is 7.11 Å². The number of benzene rings is 1. The first-order chi connectivity index (χ1) is 8.26. The number of aliphatic hydroxyl groups is 1. The van der Waals surface area contributed by atoms with Crippen molar-refractivity contribution in [2.75, 3.05) is 7.11 Å². The van der Waals surface area contributed by atoms with E-state index in [1.807, 2.05) is 6.07 Å². The van der Waals surface area contributed by atoms with Gasteiger partial charge < -0.3 is 14.4 Å². The minimum atomic E-state index is -0.182. The Hall–Kier alpha value is -2.32. The molecule has 0 radical (unpaired) electrons. The predicted octanol–water partition coefficient (Wildman–Crippen LogP) is 1.71. The first-order valence-electron chi connectivity index (χ1n) is 4.93. The number of nitriles is 1. The summed E-state index contributed by atoms with van der Waals surface area (Å²) < 4.78 is 10.2. The highest BCUT2D eigenvalue weighted by atomic mass is 16.5. The van der Waals surface area contributed by atoms with E-state index in [4.69, 9.17) is 19.6 Å². The monoisotopic (exact) mass is 230 g/mol. The number of hydrogen-bond donors (Lipinski definition) is 1. The van der Waals surface area contributed by atoms with E-state index >= 15 is 0 Å². The molecule has 0 aliphatic carbocycles. The molecule has 1 aromatic carbocycles. The van der Waals surface area contributed by atoms with Crippen molar-refractivity contribution in [3.05, 3.63) is 35.5 Å². The lowest BCUT2D eigenvalue weighted by Gasteiger charge is -2.02. The Morgan fingerprint density at radius 1 is 1.41 bits per heavy atom. The van der Waals surface area contributed by atoms with Crippen molar-refractivity contribution in [3.63, 3.8) is 0 Å². The summed E-state index contributed by atoms with van der Waals surface area (Å²) in [5, 5.41) is 21.5. The van der Waals surface area contributed by atoms with E-state index in [0.717, 1.165) is 0 Å². The summed E-state index contributed by atoms with van der Waals surface area (Å²) in [6.07, 6.45) is 0. The van der Waals surface area contributed by atoms with Crippen molar-refractivity contribution in [3.8, 4) is 23.1 Å². The largest absolute Gasteiger partial charge is 0.497 e. The van der Waals surface area contributed by atoms with Crippen LogP contribution in [0.25, 0.3) is 11.3 Å². The Balaban J connectivity index is 2.47. The van der Waals surface area contributed by atoms with Gasteiger partial charge >= 0.3 is 0 Å². The van der Waals surface area contributed by atoms with Crippen molar-refractivity contribution in [2.45, 2.75) is 6.61 Å². The van der Waals surface area contributed by atoms with E-state index in [-0.39, 0.29) is 6.61 Å². The third-order valence-electron chi connectivity index (χ3n) is 2.28. The van der Waals surface area contributed by atoms with Gasteiger partial charge in [-0.15, -0.1) is 0 Å². The maximum Gasteiger partial charge on any atom is 0.167 e. The normalized spacial score (nSPS) is 9.94. The fraction of sp³-hybridized carbons (Fsp3) is 0.167. The highest BCUT2D eigenvalue weighted by Gasteiger charge is 2.09. The summed E-state index contributed by atoms with van der Waals surface area (Å²) in [6.45, 7) is -0.182. The van der Waals surface area contributed by atoms with Gasteiger partial charge in [0.15, 0.2) is 5.76 Å². The number of nitrogens with zero attached hydrogens (tertiary/aromatic N) is 2. The lowest BCUT2D eigenvalue weighted by molar-refractivity contribution is 0.267. The third-order valence-corrected chi connectivity index (χ3v) is 2.28. The third kappa shape index (κ3) is 2.27. The number of methoxy groups -OCH3 is 1. The van der Waals surface area contributed by atoms with Crippen LogP contribution in [0.2, 0.25) is 0 Å². The molecule has 0 saturated heterocycles. The Bertz CT molecular complexity index is 569. The second-order valence-electron chi connectivity index (χ2n) is 3.40. The lowest BCUT2D eigenvalue weighted by Crippen LogP contribution is -1.86. The lowest BCUT2D eigenvalue weighted by atomic mass is 10.1. The summed E-state index contributed by atoms with van der Waals surface area (Å²) in [5.74, 6) is 1.06. The van der Waals surface area contributed by atoms with E-state index in [1.54, 1.807) is 24.3 Å². The molecule has 0 fully saturated rings. The molecule has 0 aliphatic rings. The predicted molar refractivity (Wildman–Crippen MR) is 59.1 cm³/mol. The minimum Gasteiger partial charge on any atom is -0.497 e. The summed E-state index contributed by atoms with van der Waals surface area (Å²) in [5.41, 5.74) is 1.61. The molecule has 5 heteroatoms.